The first-order valence-corrected chi connectivity index (χ1v) is 5.53. The fourth-order valence-corrected chi connectivity index (χ4v) is 1.36. The topological polar surface area (TPSA) is 55.1 Å². The first-order chi connectivity index (χ1) is 6.52. The molecular weight excluding hydrogens is 196 g/mol. The van der Waals surface area contributed by atoms with Gasteiger partial charge in [-0.3, -0.25) is 4.79 Å². The van der Waals surface area contributed by atoms with Gasteiger partial charge in [0.25, 0.3) is 0 Å². The highest BCUT2D eigenvalue weighted by atomic mass is 32.1. The average molecular weight is 216 g/mol. The standard InChI is InChI=1S/C10H20N2OS/c1-4-6-8(9(11)14)10(13)12-7(3)5-2/h7-8H,4-6H2,1-3H3,(H2,11,14)(H,12,13). The second-order valence-corrected chi connectivity index (χ2v) is 4.03. The van der Waals surface area contributed by atoms with E-state index in [0.29, 0.717) is 4.99 Å². The maximum absolute atomic E-state index is 11.7. The van der Waals surface area contributed by atoms with Gasteiger partial charge >= 0.3 is 0 Å². The van der Waals surface area contributed by atoms with Crippen molar-refractivity contribution in [1.82, 2.24) is 5.32 Å². The van der Waals surface area contributed by atoms with Crippen LogP contribution in [0.5, 0.6) is 0 Å². The molecule has 4 heteroatoms. The third kappa shape index (κ3) is 4.56. The van der Waals surface area contributed by atoms with Crippen molar-refractivity contribution in [2.45, 2.75) is 46.1 Å². The van der Waals surface area contributed by atoms with E-state index in [1.165, 1.54) is 0 Å². The lowest BCUT2D eigenvalue weighted by Crippen LogP contribution is -2.41. The molecule has 0 bridgehead atoms. The number of thiocarbonyl (C=S) groups is 1. The highest BCUT2D eigenvalue weighted by Gasteiger charge is 2.20. The Kier molecular flexibility index (Phi) is 6.45. The minimum Gasteiger partial charge on any atom is -0.393 e. The quantitative estimate of drug-likeness (QED) is 0.663. The van der Waals surface area contributed by atoms with Crippen LogP contribution in [0.15, 0.2) is 0 Å². The van der Waals surface area contributed by atoms with E-state index >= 15 is 0 Å². The highest BCUT2D eigenvalue weighted by molar-refractivity contribution is 7.80. The minimum atomic E-state index is -0.302. The molecule has 0 saturated heterocycles. The van der Waals surface area contributed by atoms with Gasteiger partial charge in [0.15, 0.2) is 0 Å². The van der Waals surface area contributed by atoms with E-state index in [2.05, 4.69) is 5.32 Å². The monoisotopic (exact) mass is 216 g/mol. The summed E-state index contributed by atoms with van der Waals surface area (Å²) in [5.74, 6) is -0.335. The molecule has 0 aliphatic carbocycles. The van der Waals surface area contributed by atoms with Crippen molar-refractivity contribution in [2.75, 3.05) is 0 Å². The molecule has 2 unspecified atom stereocenters. The van der Waals surface area contributed by atoms with Crippen molar-refractivity contribution in [3.8, 4) is 0 Å². The van der Waals surface area contributed by atoms with Crippen molar-refractivity contribution < 1.29 is 4.79 Å². The van der Waals surface area contributed by atoms with Gasteiger partial charge in [-0.05, 0) is 19.8 Å². The van der Waals surface area contributed by atoms with Gasteiger partial charge in [-0.1, -0.05) is 32.5 Å². The molecule has 1 amide bonds. The first kappa shape index (κ1) is 13.4. The predicted molar refractivity (Wildman–Crippen MR) is 63.1 cm³/mol. The number of nitrogens with two attached hydrogens (primary N) is 1. The average Bonchev–Trinajstić information content (AvgIpc) is 2.13. The highest BCUT2D eigenvalue weighted by Crippen LogP contribution is 2.07. The second-order valence-electron chi connectivity index (χ2n) is 3.56. The Morgan fingerprint density at radius 3 is 2.43 bits per heavy atom. The molecule has 14 heavy (non-hydrogen) atoms. The Balaban J connectivity index is 4.22. The lowest BCUT2D eigenvalue weighted by Gasteiger charge is -2.17. The lowest BCUT2D eigenvalue weighted by molar-refractivity contribution is -0.123. The maximum atomic E-state index is 11.7. The summed E-state index contributed by atoms with van der Waals surface area (Å²) in [6.07, 6.45) is 2.56. The number of nitrogens with one attached hydrogen (secondary N) is 1. The van der Waals surface area contributed by atoms with Gasteiger partial charge in [0.2, 0.25) is 5.91 Å². The third-order valence-electron chi connectivity index (χ3n) is 2.24. The van der Waals surface area contributed by atoms with Crippen LogP contribution < -0.4 is 11.1 Å². The van der Waals surface area contributed by atoms with Crippen LogP contribution in [0.3, 0.4) is 0 Å². The lowest BCUT2D eigenvalue weighted by atomic mass is 10.0. The number of hydrogen-bond donors (Lipinski definition) is 2. The molecule has 3 nitrogen and oxygen atoms in total. The van der Waals surface area contributed by atoms with Crippen LogP contribution in [-0.4, -0.2) is 16.9 Å². The molecule has 0 aromatic heterocycles. The van der Waals surface area contributed by atoms with Crippen LogP contribution >= 0.6 is 12.2 Å². The molecule has 3 N–H and O–H groups in total. The number of amides is 1. The van der Waals surface area contributed by atoms with Gasteiger partial charge in [-0.2, -0.15) is 0 Å². The van der Waals surface area contributed by atoms with Crippen molar-refractivity contribution in [2.24, 2.45) is 11.7 Å². The zero-order valence-corrected chi connectivity index (χ0v) is 9.99. The first-order valence-electron chi connectivity index (χ1n) is 5.12. The summed E-state index contributed by atoms with van der Waals surface area (Å²) >= 11 is 4.86. The SMILES string of the molecule is CCCC(C(=O)NC(C)CC)C(N)=S. The summed E-state index contributed by atoms with van der Waals surface area (Å²) in [5, 5.41) is 2.89. The Morgan fingerprint density at radius 2 is 2.07 bits per heavy atom. The van der Waals surface area contributed by atoms with E-state index in [-0.39, 0.29) is 17.9 Å². The fourth-order valence-electron chi connectivity index (χ4n) is 1.14. The molecular formula is C10H20N2OS. The Morgan fingerprint density at radius 1 is 1.50 bits per heavy atom. The number of hydrogen-bond acceptors (Lipinski definition) is 2. The van der Waals surface area contributed by atoms with E-state index in [1.54, 1.807) is 0 Å². The van der Waals surface area contributed by atoms with Crippen LogP contribution in [0, 0.1) is 5.92 Å². The van der Waals surface area contributed by atoms with Crippen molar-refractivity contribution in [3.05, 3.63) is 0 Å². The summed E-state index contributed by atoms with van der Waals surface area (Å²) in [6.45, 7) is 6.02. The van der Waals surface area contributed by atoms with Gasteiger partial charge < -0.3 is 11.1 Å². The van der Waals surface area contributed by atoms with E-state index in [9.17, 15) is 4.79 Å². The van der Waals surface area contributed by atoms with Crippen molar-refractivity contribution >= 4 is 23.1 Å². The second kappa shape index (κ2) is 6.76. The molecule has 0 fully saturated rings. The number of carbonyl (C=O) groups excluding carboxylic acids is 1. The van der Waals surface area contributed by atoms with Gasteiger partial charge in [-0.15, -0.1) is 0 Å². The van der Waals surface area contributed by atoms with Gasteiger partial charge in [0.05, 0.1) is 10.9 Å². The van der Waals surface area contributed by atoms with Crippen LogP contribution in [0.1, 0.15) is 40.0 Å². The molecule has 0 saturated carbocycles. The molecule has 0 heterocycles. The molecule has 0 aromatic carbocycles. The molecule has 0 rings (SSSR count). The smallest absolute Gasteiger partial charge is 0.230 e. The maximum Gasteiger partial charge on any atom is 0.230 e. The molecule has 0 aliphatic heterocycles. The predicted octanol–water partition coefficient (Wildman–Crippen LogP) is 1.60. The summed E-state index contributed by atoms with van der Waals surface area (Å²) in [4.78, 5) is 12.0. The summed E-state index contributed by atoms with van der Waals surface area (Å²) in [6, 6.07) is 0.191. The summed E-state index contributed by atoms with van der Waals surface area (Å²) < 4.78 is 0. The molecule has 0 spiro atoms. The van der Waals surface area contributed by atoms with E-state index in [4.69, 9.17) is 18.0 Å². The largest absolute Gasteiger partial charge is 0.393 e. The minimum absolute atomic E-state index is 0.0336. The van der Waals surface area contributed by atoms with Crippen LogP contribution in [-0.2, 0) is 4.79 Å². The fraction of sp³-hybridized carbons (Fsp3) is 0.800. The van der Waals surface area contributed by atoms with Crippen LogP contribution in [0.25, 0.3) is 0 Å². The Bertz CT molecular complexity index is 206. The van der Waals surface area contributed by atoms with Crippen LogP contribution in [0.4, 0.5) is 0 Å². The molecule has 0 aliphatic rings. The third-order valence-corrected chi connectivity index (χ3v) is 2.52. The summed E-state index contributed by atoms with van der Waals surface area (Å²) in [7, 11) is 0. The molecule has 2 atom stereocenters. The molecule has 0 aromatic rings. The zero-order valence-electron chi connectivity index (χ0n) is 9.17. The molecule has 82 valence electrons. The van der Waals surface area contributed by atoms with Crippen molar-refractivity contribution in [3.63, 3.8) is 0 Å². The van der Waals surface area contributed by atoms with E-state index < -0.39 is 0 Å². The van der Waals surface area contributed by atoms with Gasteiger partial charge in [0, 0.05) is 6.04 Å². The normalized spacial score (nSPS) is 14.5. The number of carbonyl (C=O) groups is 1. The Hall–Kier alpha value is -0.640. The van der Waals surface area contributed by atoms with Crippen molar-refractivity contribution in [1.29, 1.82) is 0 Å². The van der Waals surface area contributed by atoms with Gasteiger partial charge in [-0.25, -0.2) is 0 Å². The Labute approximate surface area is 91.4 Å². The van der Waals surface area contributed by atoms with Gasteiger partial charge in [0.1, 0.15) is 0 Å². The molecule has 0 radical (unpaired) electrons. The zero-order chi connectivity index (χ0) is 11.1. The summed E-state index contributed by atoms with van der Waals surface area (Å²) in [5.41, 5.74) is 5.51. The van der Waals surface area contributed by atoms with E-state index in [0.717, 1.165) is 19.3 Å². The number of rotatable bonds is 6. The van der Waals surface area contributed by atoms with E-state index in [1.807, 2.05) is 20.8 Å². The van der Waals surface area contributed by atoms with Crippen LogP contribution in [0.2, 0.25) is 0 Å².